The van der Waals surface area contributed by atoms with Gasteiger partial charge in [0.1, 0.15) is 0 Å². The monoisotopic (exact) mass is 141 g/mol. The minimum Gasteiger partial charge on any atom is -0.345 e. The average molecular weight is 141 g/mol. The van der Waals surface area contributed by atoms with E-state index in [-0.39, 0.29) is 5.91 Å². The highest BCUT2D eigenvalue weighted by atomic mass is 16.2. The Kier molecular flexibility index (Phi) is 3.77. The summed E-state index contributed by atoms with van der Waals surface area (Å²) in [5.41, 5.74) is 1.12. The number of carbonyl (C=O) groups is 1. The Morgan fingerprint density at radius 3 is 2.30 bits per heavy atom. The number of hydrogen-bond donors (Lipinski definition) is 0. The van der Waals surface area contributed by atoms with Gasteiger partial charge in [0.2, 0.25) is 5.91 Å². The Labute approximate surface area is 62.5 Å². The van der Waals surface area contributed by atoms with Gasteiger partial charge in [-0.05, 0) is 13.3 Å². The number of likely N-dealkylation sites (N-methyl/N-ethyl adjacent to an activating group) is 1. The molecule has 0 N–H and O–H groups in total. The molecule has 0 radical (unpaired) electrons. The van der Waals surface area contributed by atoms with Gasteiger partial charge >= 0.3 is 0 Å². The zero-order chi connectivity index (χ0) is 8.15. The number of amides is 1. The second-order valence-electron chi connectivity index (χ2n) is 2.58. The molecule has 0 unspecified atom stereocenters. The summed E-state index contributed by atoms with van der Waals surface area (Å²) in [7, 11) is 3.50. The summed E-state index contributed by atoms with van der Waals surface area (Å²) in [6.45, 7) is 4.00. The number of hydrogen-bond acceptors (Lipinski definition) is 1. The molecule has 0 bridgehead atoms. The lowest BCUT2D eigenvalue weighted by molar-refractivity contribution is -0.123. The normalized spacial score (nSPS) is 11.4. The molecule has 0 aromatic heterocycles. The highest BCUT2D eigenvalue weighted by Gasteiger charge is 1.97. The Morgan fingerprint density at radius 1 is 1.50 bits per heavy atom. The van der Waals surface area contributed by atoms with Crippen LogP contribution in [0.2, 0.25) is 0 Å². The highest BCUT2D eigenvalue weighted by Crippen LogP contribution is 1.97. The van der Waals surface area contributed by atoms with Crippen molar-refractivity contribution in [2.24, 2.45) is 0 Å². The van der Waals surface area contributed by atoms with E-state index in [1.54, 1.807) is 25.1 Å². The van der Waals surface area contributed by atoms with Crippen LogP contribution in [0, 0.1) is 0 Å². The van der Waals surface area contributed by atoms with E-state index < -0.39 is 0 Å². The second-order valence-corrected chi connectivity index (χ2v) is 2.58. The van der Waals surface area contributed by atoms with Gasteiger partial charge < -0.3 is 4.90 Å². The summed E-state index contributed by atoms with van der Waals surface area (Å²) in [5.74, 6) is 0.0688. The summed E-state index contributed by atoms with van der Waals surface area (Å²) < 4.78 is 0. The van der Waals surface area contributed by atoms with Crippen molar-refractivity contribution in [1.29, 1.82) is 0 Å². The van der Waals surface area contributed by atoms with Crippen molar-refractivity contribution < 1.29 is 4.79 Å². The van der Waals surface area contributed by atoms with Crippen LogP contribution in [-0.2, 0) is 4.79 Å². The van der Waals surface area contributed by atoms with Crippen molar-refractivity contribution in [2.45, 2.75) is 20.3 Å². The van der Waals surface area contributed by atoms with Gasteiger partial charge in [-0.25, -0.2) is 0 Å². The van der Waals surface area contributed by atoms with Crippen LogP contribution in [0.4, 0.5) is 0 Å². The first-order chi connectivity index (χ1) is 4.57. The lowest BCUT2D eigenvalue weighted by atomic mass is 10.2. The molecule has 0 aliphatic heterocycles. The van der Waals surface area contributed by atoms with E-state index in [2.05, 4.69) is 0 Å². The van der Waals surface area contributed by atoms with Gasteiger partial charge in [0, 0.05) is 20.2 Å². The standard InChI is InChI=1S/C8H15NO/c1-5-7(2)6-8(10)9(3)4/h6H,5H2,1-4H3. The maximum Gasteiger partial charge on any atom is 0.245 e. The third kappa shape index (κ3) is 3.28. The van der Waals surface area contributed by atoms with Crippen LogP contribution in [0.25, 0.3) is 0 Å². The molecule has 10 heavy (non-hydrogen) atoms. The number of carbonyl (C=O) groups excluding carboxylic acids is 1. The predicted molar refractivity (Wildman–Crippen MR) is 42.7 cm³/mol. The first kappa shape index (κ1) is 9.21. The van der Waals surface area contributed by atoms with Crippen molar-refractivity contribution >= 4 is 5.91 Å². The van der Waals surface area contributed by atoms with Crippen molar-refractivity contribution in [3.05, 3.63) is 11.6 Å². The van der Waals surface area contributed by atoms with E-state index in [0.29, 0.717) is 0 Å². The predicted octanol–water partition coefficient (Wildman–Crippen LogP) is 1.43. The fourth-order valence-corrected chi connectivity index (χ4v) is 0.442. The van der Waals surface area contributed by atoms with Crippen LogP contribution in [0.5, 0.6) is 0 Å². The van der Waals surface area contributed by atoms with Gasteiger partial charge in [-0.3, -0.25) is 4.79 Å². The minimum atomic E-state index is 0.0688. The largest absolute Gasteiger partial charge is 0.345 e. The van der Waals surface area contributed by atoms with Gasteiger partial charge in [-0.2, -0.15) is 0 Å². The van der Waals surface area contributed by atoms with Crippen molar-refractivity contribution in [3.8, 4) is 0 Å². The number of allylic oxidation sites excluding steroid dienone is 1. The summed E-state index contributed by atoms with van der Waals surface area (Å²) in [5, 5.41) is 0. The summed E-state index contributed by atoms with van der Waals surface area (Å²) in [6, 6.07) is 0. The Balaban J connectivity index is 4.00. The smallest absolute Gasteiger partial charge is 0.245 e. The molecular formula is C8H15NO. The molecule has 0 aliphatic rings. The van der Waals surface area contributed by atoms with Gasteiger partial charge in [0.05, 0.1) is 0 Å². The Morgan fingerprint density at radius 2 is 2.00 bits per heavy atom. The van der Waals surface area contributed by atoms with Crippen LogP contribution < -0.4 is 0 Å². The van der Waals surface area contributed by atoms with Crippen LogP contribution in [0.1, 0.15) is 20.3 Å². The molecule has 0 spiro atoms. The van der Waals surface area contributed by atoms with Gasteiger partial charge in [-0.1, -0.05) is 12.5 Å². The van der Waals surface area contributed by atoms with E-state index in [9.17, 15) is 4.79 Å². The van der Waals surface area contributed by atoms with E-state index in [1.165, 1.54) is 0 Å². The molecule has 0 aromatic rings. The fourth-order valence-electron chi connectivity index (χ4n) is 0.442. The Hall–Kier alpha value is -0.790. The summed E-state index contributed by atoms with van der Waals surface area (Å²) >= 11 is 0. The first-order valence-corrected chi connectivity index (χ1v) is 3.46. The quantitative estimate of drug-likeness (QED) is 0.533. The topological polar surface area (TPSA) is 20.3 Å². The third-order valence-corrected chi connectivity index (χ3v) is 1.37. The molecule has 58 valence electrons. The summed E-state index contributed by atoms with van der Waals surface area (Å²) in [6.07, 6.45) is 2.61. The van der Waals surface area contributed by atoms with E-state index in [4.69, 9.17) is 0 Å². The molecule has 0 aliphatic carbocycles. The fraction of sp³-hybridized carbons (Fsp3) is 0.625. The minimum absolute atomic E-state index is 0.0688. The molecule has 0 saturated heterocycles. The molecule has 0 heterocycles. The first-order valence-electron chi connectivity index (χ1n) is 3.46. The van der Waals surface area contributed by atoms with E-state index >= 15 is 0 Å². The molecule has 0 aromatic carbocycles. The Bertz CT molecular complexity index is 147. The van der Waals surface area contributed by atoms with E-state index in [0.717, 1.165) is 12.0 Å². The van der Waals surface area contributed by atoms with Crippen LogP contribution in [-0.4, -0.2) is 24.9 Å². The summed E-state index contributed by atoms with van der Waals surface area (Å²) in [4.78, 5) is 12.5. The second kappa shape index (κ2) is 4.09. The molecule has 1 amide bonds. The maximum absolute atomic E-state index is 11.0. The van der Waals surface area contributed by atoms with E-state index in [1.807, 2.05) is 13.8 Å². The van der Waals surface area contributed by atoms with Gasteiger partial charge in [0.15, 0.2) is 0 Å². The molecule has 0 saturated carbocycles. The SMILES string of the molecule is CCC(C)=CC(=O)N(C)C. The molecule has 2 heteroatoms. The van der Waals surface area contributed by atoms with Gasteiger partial charge in [0.25, 0.3) is 0 Å². The highest BCUT2D eigenvalue weighted by molar-refractivity contribution is 5.87. The van der Waals surface area contributed by atoms with Crippen LogP contribution >= 0.6 is 0 Å². The van der Waals surface area contributed by atoms with Crippen molar-refractivity contribution in [1.82, 2.24) is 4.90 Å². The molecule has 0 rings (SSSR count). The number of nitrogens with zero attached hydrogens (tertiary/aromatic N) is 1. The van der Waals surface area contributed by atoms with Crippen LogP contribution in [0.15, 0.2) is 11.6 Å². The van der Waals surface area contributed by atoms with Crippen LogP contribution in [0.3, 0.4) is 0 Å². The van der Waals surface area contributed by atoms with Crippen molar-refractivity contribution in [3.63, 3.8) is 0 Å². The lowest BCUT2D eigenvalue weighted by Gasteiger charge is -2.06. The lowest BCUT2D eigenvalue weighted by Crippen LogP contribution is -2.19. The zero-order valence-corrected chi connectivity index (χ0v) is 7.14. The zero-order valence-electron chi connectivity index (χ0n) is 7.14. The van der Waals surface area contributed by atoms with Gasteiger partial charge in [-0.15, -0.1) is 0 Å². The maximum atomic E-state index is 11.0. The molecular weight excluding hydrogens is 126 g/mol. The third-order valence-electron chi connectivity index (χ3n) is 1.37. The molecule has 2 nitrogen and oxygen atoms in total. The molecule has 0 atom stereocenters. The number of rotatable bonds is 2. The molecule has 0 fully saturated rings. The van der Waals surface area contributed by atoms with Crippen molar-refractivity contribution in [2.75, 3.05) is 14.1 Å². The average Bonchev–Trinajstić information content (AvgIpc) is 1.87.